The second-order valence-electron chi connectivity index (χ2n) is 5.43. The van der Waals surface area contributed by atoms with E-state index in [0.29, 0.717) is 19.0 Å². The van der Waals surface area contributed by atoms with Crippen LogP contribution >= 0.6 is 9.03 Å². The summed E-state index contributed by atoms with van der Waals surface area (Å²) in [6, 6.07) is 7.95. The Balaban J connectivity index is 2.19. The lowest BCUT2D eigenvalue weighted by molar-refractivity contribution is 0.307. The third-order valence-corrected chi connectivity index (χ3v) is 4.26. The van der Waals surface area contributed by atoms with Gasteiger partial charge in [-0.1, -0.05) is 31.5 Å². The van der Waals surface area contributed by atoms with Crippen LogP contribution in [0, 0.1) is 0 Å². The van der Waals surface area contributed by atoms with Gasteiger partial charge in [0.1, 0.15) is 11.3 Å². The van der Waals surface area contributed by atoms with E-state index in [4.69, 9.17) is 20.1 Å². The van der Waals surface area contributed by atoms with Crippen LogP contribution in [0.5, 0.6) is 0 Å². The Kier molecular flexibility index (Phi) is 5.06. The van der Waals surface area contributed by atoms with Crippen molar-refractivity contribution in [3.05, 3.63) is 30.1 Å². The molecule has 122 valence electrons. The summed E-state index contributed by atoms with van der Waals surface area (Å²) in [5, 5.41) is 1.04. The van der Waals surface area contributed by atoms with Gasteiger partial charge >= 0.3 is 0 Å². The van der Waals surface area contributed by atoms with Crippen molar-refractivity contribution in [3.8, 4) is 0 Å². The van der Waals surface area contributed by atoms with Crippen molar-refractivity contribution in [2.45, 2.75) is 32.7 Å². The van der Waals surface area contributed by atoms with Gasteiger partial charge in [-0.25, -0.2) is 9.97 Å². The van der Waals surface area contributed by atoms with Crippen LogP contribution in [0.2, 0.25) is 0 Å². The maximum atomic E-state index is 8.89. The molecule has 3 N–H and O–H groups in total. The number of hydrogen-bond acceptors (Lipinski definition) is 5. The van der Waals surface area contributed by atoms with Crippen LogP contribution in [-0.4, -0.2) is 26.0 Å². The number of fused-ring (bicyclic) bond motifs is 3. The van der Waals surface area contributed by atoms with Crippen LogP contribution in [0.1, 0.15) is 25.6 Å². The quantitative estimate of drug-likeness (QED) is 0.513. The largest absolute Gasteiger partial charge is 0.382 e. The highest BCUT2D eigenvalue weighted by Gasteiger charge is 2.16. The number of unbranched alkanes of at least 4 members (excludes halogenated alkanes) is 1. The van der Waals surface area contributed by atoms with Crippen LogP contribution in [0.25, 0.3) is 21.9 Å². The summed E-state index contributed by atoms with van der Waals surface area (Å²) in [6.07, 6.45) is 3.06. The number of nitrogens with zero attached hydrogens (tertiary/aromatic N) is 3. The minimum atomic E-state index is -0.498. The number of para-hydroxylation sites is 1. The minimum absolute atomic E-state index is 0.441. The number of nitrogens with two attached hydrogens (primary N) is 1. The molecule has 3 rings (SSSR count). The summed E-state index contributed by atoms with van der Waals surface area (Å²) >= 11 is 0. The van der Waals surface area contributed by atoms with Crippen molar-refractivity contribution in [1.29, 1.82) is 0 Å². The highest BCUT2D eigenvalue weighted by Crippen LogP contribution is 2.29. The van der Waals surface area contributed by atoms with E-state index in [0.717, 1.165) is 47.0 Å². The van der Waals surface area contributed by atoms with Crippen molar-refractivity contribution in [2.75, 3.05) is 12.3 Å². The van der Waals surface area contributed by atoms with Crippen LogP contribution < -0.4 is 5.73 Å². The zero-order chi connectivity index (χ0) is 16.2. The van der Waals surface area contributed by atoms with E-state index in [9.17, 15) is 0 Å². The molecular formula is C16H21N4O2P. The fraction of sp³-hybridized carbons (Fsp3) is 0.375. The van der Waals surface area contributed by atoms with Crippen LogP contribution in [-0.2, 0) is 17.5 Å². The number of benzene rings is 1. The number of imidazole rings is 1. The molecule has 0 radical (unpaired) electrons. The average Bonchev–Trinajstić information content (AvgIpc) is 2.93. The fourth-order valence-electron chi connectivity index (χ4n) is 2.85. The summed E-state index contributed by atoms with van der Waals surface area (Å²) in [6.45, 7) is 3.24. The molecule has 6 nitrogen and oxygen atoms in total. The van der Waals surface area contributed by atoms with Gasteiger partial charge in [0.25, 0.3) is 0 Å². The van der Waals surface area contributed by atoms with E-state index in [-0.39, 0.29) is 0 Å². The van der Waals surface area contributed by atoms with E-state index in [1.54, 1.807) is 0 Å². The smallest absolute Gasteiger partial charge is 0.152 e. The first-order valence-electron chi connectivity index (χ1n) is 7.80. The molecule has 0 aliphatic carbocycles. The van der Waals surface area contributed by atoms with Crippen molar-refractivity contribution in [2.24, 2.45) is 0 Å². The van der Waals surface area contributed by atoms with Gasteiger partial charge in [0.15, 0.2) is 14.9 Å². The lowest BCUT2D eigenvalue weighted by Crippen LogP contribution is -2.08. The molecule has 1 unspecified atom stereocenters. The highest BCUT2D eigenvalue weighted by molar-refractivity contribution is 7.24. The Bertz CT molecular complexity index is 819. The van der Waals surface area contributed by atoms with Gasteiger partial charge in [0.2, 0.25) is 0 Å². The first-order valence-corrected chi connectivity index (χ1v) is 8.66. The second kappa shape index (κ2) is 7.21. The molecule has 0 amide bonds. The van der Waals surface area contributed by atoms with Gasteiger partial charge < -0.3 is 19.7 Å². The molecule has 0 bridgehead atoms. The zero-order valence-electron chi connectivity index (χ0n) is 13.1. The van der Waals surface area contributed by atoms with Gasteiger partial charge in [-0.15, -0.1) is 0 Å². The number of nitrogen functional groups attached to an aromatic ring is 1. The Labute approximate surface area is 136 Å². The topological polar surface area (TPSA) is 86.2 Å². The summed E-state index contributed by atoms with van der Waals surface area (Å²) in [4.78, 5) is 18.1. The first-order chi connectivity index (χ1) is 11.3. The highest BCUT2D eigenvalue weighted by atomic mass is 31.1. The van der Waals surface area contributed by atoms with Gasteiger partial charge in [0.05, 0.1) is 17.6 Å². The molecule has 2 heterocycles. The lowest BCUT2D eigenvalue weighted by Gasteiger charge is -2.10. The Morgan fingerprint density at radius 1 is 1.30 bits per heavy atom. The van der Waals surface area contributed by atoms with Crippen molar-refractivity contribution >= 4 is 36.8 Å². The molecule has 0 fully saturated rings. The summed E-state index contributed by atoms with van der Waals surface area (Å²) in [5.74, 6) is 1.46. The Morgan fingerprint density at radius 3 is 2.91 bits per heavy atom. The molecular weight excluding hydrogens is 311 g/mol. The predicted octanol–water partition coefficient (Wildman–Crippen LogP) is 3.03. The molecule has 1 atom stereocenters. The molecule has 0 saturated heterocycles. The molecule has 2 aromatic heterocycles. The number of rotatable bonds is 7. The summed E-state index contributed by atoms with van der Waals surface area (Å²) in [7, 11) is -0.498. The summed E-state index contributed by atoms with van der Waals surface area (Å²) < 4.78 is 7.30. The molecule has 7 heteroatoms. The first kappa shape index (κ1) is 16.1. The Hall–Kier alpha value is -1.75. The number of hydrogen-bond donors (Lipinski definition) is 2. The van der Waals surface area contributed by atoms with Crippen molar-refractivity contribution in [3.63, 3.8) is 0 Å². The molecule has 0 aliphatic rings. The monoisotopic (exact) mass is 332 g/mol. The number of anilines is 1. The third kappa shape index (κ3) is 3.15. The average molecular weight is 332 g/mol. The van der Waals surface area contributed by atoms with Crippen molar-refractivity contribution in [1.82, 2.24) is 14.5 Å². The summed E-state index contributed by atoms with van der Waals surface area (Å²) in [5.41, 5.74) is 8.75. The molecule has 0 spiro atoms. The van der Waals surface area contributed by atoms with Crippen LogP contribution in [0.4, 0.5) is 5.82 Å². The van der Waals surface area contributed by atoms with Gasteiger partial charge in [-0.3, -0.25) is 0 Å². The van der Waals surface area contributed by atoms with Crippen molar-refractivity contribution < 1.29 is 9.42 Å². The van der Waals surface area contributed by atoms with E-state index in [2.05, 4.69) is 16.5 Å². The standard InChI is InChI=1S/C16H21N4O2P/c1-2-3-8-13-19-14-15(20(13)9-10-22-23-21)11-6-4-5-7-12(11)18-16(14)17/h4-7,21,23H,2-3,8-10H2,1H3,(H2,17,18). The van der Waals surface area contributed by atoms with E-state index in [1.165, 1.54) is 0 Å². The van der Waals surface area contributed by atoms with E-state index >= 15 is 0 Å². The molecule has 1 aromatic carbocycles. The maximum absolute atomic E-state index is 8.89. The SMILES string of the molecule is CCCCc1nc2c(N)nc3ccccc3c2n1CCOPO. The number of aromatic nitrogens is 3. The van der Waals surface area contributed by atoms with Gasteiger partial charge in [-0.05, 0) is 12.5 Å². The normalized spacial score (nSPS) is 12.1. The van der Waals surface area contributed by atoms with E-state index in [1.807, 2.05) is 24.3 Å². The van der Waals surface area contributed by atoms with E-state index < -0.39 is 9.03 Å². The predicted molar refractivity (Wildman–Crippen MR) is 94.5 cm³/mol. The minimum Gasteiger partial charge on any atom is -0.382 e. The van der Waals surface area contributed by atoms with Gasteiger partial charge in [0, 0.05) is 18.4 Å². The molecule has 0 saturated carbocycles. The number of aryl methyl sites for hydroxylation is 1. The van der Waals surface area contributed by atoms with Gasteiger partial charge in [-0.2, -0.15) is 0 Å². The Morgan fingerprint density at radius 2 is 2.13 bits per heavy atom. The lowest BCUT2D eigenvalue weighted by atomic mass is 10.2. The fourth-order valence-corrected chi connectivity index (χ4v) is 3.04. The maximum Gasteiger partial charge on any atom is 0.152 e. The molecule has 0 aliphatic heterocycles. The molecule has 3 aromatic rings. The molecule has 23 heavy (non-hydrogen) atoms. The third-order valence-electron chi connectivity index (χ3n) is 3.92. The van der Waals surface area contributed by atoms with Crippen LogP contribution in [0.15, 0.2) is 24.3 Å². The second-order valence-corrected chi connectivity index (χ2v) is 5.91. The number of pyridine rings is 1. The zero-order valence-corrected chi connectivity index (χ0v) is 14.1. The van der Waals surface area contributed by atoms with Crippen LogP contribution in [0.3, 0.4) is 0 Å².